The highest BCUT2D eigenvalue weighted by atomic mass is 16.2. The van der Waals surface area contributed by atoms with Crippen molar-refractivity contribution in [1.29, 1.82) is 0 Å². The maximum atomic E-state index is 11.3. The molecule has 118 valence electrons. The van der Waals surface area contributed by atoms with E-state index in [9.17, 15) is 4.79 Å². The van der Waals surface area contributed by atoms with E-state index in [1.54, 1.807) is 10.9 Å². The van der Waals surface area contributed by atoms with Gasteiger partial charge in [0.1, 0.15) is 0 Å². The number of nitrogens with two attached hydrogens (primary N) is 1. The third kappa shape index (κ3) is 4.25. The normalized spacial score (nSPS) is 22.5. The first kappa shape index (κ1) is 15.9. The molecule has 3 N–H and O–H groups in total. The molecule has 1 aliphatic carbocycles. The summed E-state index contributed by atoms with van der Waals surface area (Å²) < 4.78 is 1.69. The largest absolute Gasteiger partial charge is 0.302 e. The Balaban J connectivity index is 1.77. The summed E-state index contributed by atoms with van der Waals surface area (Å²) in [5, 5.41) is 7.75. The first-order valence-corrected chi connectivity index (χ1v) is 7.75. The first-order chi connectivity index (χ1) is 10.1. The van der Waals surface area contributed by atoms with Gasteiger partial charge in [-0.2, -0.15) is 0 Å². The average Bonchev–Trinajstić information content (AvgIpc) is 3.01. The Kier molecular flexibility index (Phi) is 5.69. The van der Waals surface area contributed by atoms with Crippen LogP contribution in [-0.2, 0) is 6.54 Å². The van der Waals surface area contributed by atoms with Gasteiger partial charge in [0.2, 0.25) is 0 Å². The van der Waals surface area contributed by atoms with Gasteiger partial charge in [0.25, 0.3) is 5.91 Å². The summed E-state index contributed by atoms with van der Waals surface area (Å²) >= 11 is 0. The van der Waals surface area contributed by atoms with E-state index < -0.39 is 5.91 Å². The van der Waals surface area contributed by atoms with Gasteiger partial charge in [0, 0.05) is 12.6 Å². The van der Waals surface area contributed by atoms with Crippen LogP contribution in [0.4, 0.5) is 0 Å². The fraction of sp³-hybridized carbons (Fsp3) is 0.786. The van der Waals surface area contributed by atoms with E-state index in [1.165, 1.54) is 32.1 Å². The van der Waals surface area contributed by atoms with E-state index in [2.05, 4.69) is 34.6 Å². The molecule has 0 radical (unpaired) electrons. The molecule has 0 saturated heterocycles. The molecular formula is C14H26N6O. The van der Waals surface area contributed by atoms with Crippen LogP contribution < -0.4 is 11.3 Å². The lowest BCUT2D eigenvalue weighted by Crippen LogP contribution is -2.37. The molecule has 0 bridgehead atoms. The molecule has 1 saturated carbocycles. The number of rotatable bonds is 6. The number of aromatic nitrogens is 3. The summed E-state index contributed by atoms with van der Waals surface area (Å²) in [6.45, 7) is 3.93. The van der Waals surface area contributed by atoms with Crippen molar-refractivity contribution >= 4 is 5.91 Å². The summed E-state index contributed by atoms with van der Waals surface area (Å²) in [5.41, 5.74) is 2.31. The summed E-state index contributed by atoms with van der Waals surface area (Å²) in [5.74, 6) is 5.58. The van der Waals surface area contributed by atoms with Gasteiger partial charge < -0.3 is 4.90 Å². The van der Waals surface area contributed by atoms with Crippen LogP contribution in [0.5, 0.6) is 0 Å². The Bertz CT molecular complexity index is 452. The van der Waals surface area contributed by atoms with Gasteiger partial charge in [-0.15, -0.1) is 5.10 Å². The quantitative estimate of drug-likeness (QED) is 0.460. The summed E-state index contributed by atoms with van der Waals surface area (Å²) in [6, 6.07) is 0.670. The van der Waals surface area contributed by atoms with Gasteiger partial charge in [-0.05, 0) is 38.6 Å². The van der Waals surface area contributed by atoms with E-state index in [0.29, 0.717) is 6.04 Å². The number of nitrogens with one attached hydrogen (secondary N) is 1. The van der Waals surface area contributed by atoms with E-state index in [0.717, 1.165) is 19.0 Å². The lowest BCUT2D eigenvalue weighted by Gasteiger charge is -2.34. The molecule has 1 aromatic rings. The lowest BCUT2D eigenvalue weighted by atomic mass is 9.84. The Morgan fingerprint density at radius 1 is 1.48 bits per heavy atom. The molecular weight excluding hydrogens is 268 g/mol. The van der Waals surface area contributed by atoms with E-state index >= 15 is 0 Å². The molecule has 0 atom stereocenters. The minimum Gasteiger partial charge on any atom is -0.302 e. The maximum absolute atomic E-state index is 11.3. The monoisotopic (exact) mass is 294 g/mol. The first-order valence-electron chi connectivity index (χ1n) is 7.75. The zero-order valence-corrected chi connectivity index (χ0v) is 13.0. The minimum atomic E-state index is -0.410. The van der Waals surface area contributed by atoms with Crippen LogP contribution in [0, 0.1) is 5.92 Å². The SMILES string of the molecule is CCC1CCC(N(C)CCn2cc(C(=O)NN)nn2)CC1. The number of carbonyl (C=O) groups excluding carboxylic acids is 1. The van der Waals surface area contributed by atoms with Gasteiger partial charge >= 0.3 is 0 Å². The number of amides is 1. The summed E-state index contributed by atoms with van der Waals surface area (Å²) in [7, 11) is 2.17. The third-order valence-corrected chi connectivity index (χ3v) is 4.60. The van der Waals surface area contributed by atoms with Crippen LogP contribution in [0.2, 0.25) is 0 Å². The Hall–Kier alpha value is -1.47. The van der Waals surface area contributed by atoms with Crippen molar-refractivity contribution in [2.24, 2.45) is 11.8 Å². The zero-order chi connectivity index (χ0) is 15.2. The van der Waals surface area contributed by atoms with Crippen molar-refractivity contribution in [3.05, 3.63) is 11.9 Å². The molecule has 0 aliphatic heterocycles. The van der Waals surface area contributed by atoms with Crippen LogP contribution in [-0.4, -0.2) is 45.4 Å². The van der Waals surface area contributed by atoms with Crippen molar-refractivity contribution in [1.82, 2.24) is 25.3 Å². The molecule has 0 spiro atoms. The number of hydrazine groups is 1. The van der Waals surface area contributed by atoms with E-state index in [1.807, 2.05) is 0 Å². The Morgan fingerprint density at radius 2 is 2.19 bits per heavy atom. The number of likely N-dealkylation sites (N-methyl/N-ethyl adjacent to an activating group) is 1. The molecule has 0 unspecified atom stereocenters. The van der Waals surface area contributed by atoms with Gasteiger partial charge in [-0.25, -0.2) is 5.84 Å². The highest BCUT2D eigenvalue weighted by Crippen LogP contribution is 2.28. The smallest absolute Gasteiger partial charge is 0.287 e. The minimum absolute atomic E-state index is 0.253. The van der Waals surface area contributed by atoms with Crippen molar-refractivity contribution in [3.8, 4) is 0 Å². The van der Waals surface area contributed by atoms with Crippen molar-refractivity contribution in [3.63, 3.8) is 0 Å². The summed E-state index contributed by atoms with van der Waals surface area (Å²) in [6.07, 6.45) is 8.19. The van der Waals surface area contributed by atoms with Gasteiger partial charge in [-0.1, -0.05) is 18.6 Å². The molecule has 1 aliphatic rings. The van der Waals surface area contributed by atoms with Crippen LogP contribution in [0.1, 0.15) is 49.5 Å². The van der Waals surface area contributed by atoms with Gasteiger partial charge in [0.05, 0.1) is 12.7 Å². The highest BCUT2D eigenvalue weighted by molar-refractivity contribution is 5.91. The van der Waals surface area contributed by atoms with Gasteiger partial charge in [-0.3, -0.25) is 14.9 Å². The Labute approximate surface area is 125 Å². The van der Waals surface area contributed by atoms with E-state index in [4.69, 9.17) is 5.84 Å². The van der Waals surface area contributed by atoms with Crippen molar-refractivity contribution in [2.45, 2.75) is 51.6 Å². The fourth-order valence-corrected chi connectivity index (χ4v) is 3.02. The van der Waals surface area contributed by atoms with Crippen LogP contribution >= 0.6 is 0 Å². The predicted molar refractivity (Wildman–Crippen MR) is 80.3 cm³/mol. The number of nitrogen functional groups attached to an aromatic ring is 1. The molecule has 1 fully saturated rings. The second-order valence-corrected chi connectivity index (χ2v) is 5.90. The topological polar surface area (TPSA) is 89.1 Å². The molecule has 1 aromatic heterocycles. The van der Waals surface area contributed by atoms with Crippen molar-refractivity contribution in [2.75, 3.05) is 13.6 Å². The zero-order valence-electron chi connectivity index (χ0n) is 13.0. The maximum Gasteiger partial charge on any atom is 0.287 e. The number of hydrogen-bond donors (Lipinski definition) is 2. The molecule has 1 amide bonds. The predicted octanol–water partition coefficient (Wildman–Crippen LogP) is 0.782. The number of nitrogens with zero attached hydrogens (tertiary/aromatic N) is 4. The van der Waals surface area contributed by atoms with Crippen LogP contribution in [0.15, 0.2) is 6.20 Å². The van der Waals surface area contributed by atoms with Crippen molar-refractivity contribution < 1.29 is 4.79 Å². The third-order valence-electron chi connectivity index (χ3n) is 4.60. The fourth-order valence-electron chi connectivity index (χ4n) is 3.02. The highest BCUT2D eigenvalue weighted by Gasteiger charge is 2.22. The molecule has 0 aromatic carbocycles. The molecule has 1 heterocycles. The molecule has 7 nitrogen and oxygen atoms in total. The standard InChI is InChI=1S/C14H26N6O/c1-3-11-4-6-12(7-5-11)19(2)8-9-20-10-13(17-18-20)14(21)16-15/h10-12H,3-9,15H2,1-2H3,(H,16,21). The van der Waals surface area contributed by atoms with Crippen LogP contribution in [0.25, 0.3) is 0 Å². The Morgan fingerprint density at radius 3 is 2.81 bits per heavy atom. The second-order valence-electron chi connectivity index (χ2n) is 5.90. The van der Waals surface area contributed by atoms with Gasteiger partial charge in [0.15, 0.2) is 5.69 Å². The molecule has 2 rings (SSSR count). The van der Waals surface area contributed by atoms with E-state index in [-0.39, 0.29) is 5.69 Å². The van der Waals surface area contributed by atoms with Crippen LogP contribution in [0.3, 0.4) is 0 Å². The second kappa shape index (κ2) is 7.51. The number of carbonyl (C=O) groups is 1. The summed E-state index contributed by atoms with van der Waals surface area (Å²) in [4.78, 5) is 13.7. The molecule has 21 heavy (non-hydrogen) atoms. The number of hydrogen-bond acceptors (Lipinski definition) is 5. The molecule has 7 heteroatoms. The average molecular weight is 294 g/mol. The lowest BCUT2D eigenvalue weighted by molar-refractivity contribution is 0.0948.